The van der Waals surface area contributed by atoms with E-state index in [1.54, 1.807) is 24.3 Å². The van der Waals surface area contributed by atoms with Gasteiger partial charge in [-0.05, 0) is 41.9 Å². The van der Waals surface area contributed by atoms with Crippen molar-refractivity contribution < 1.29 is 9.13 Å². The molecule has 0 aliphatic heterocycles. The fourth-order valence-corrected chi connectivity index (χ4v) is 1.93. The summed E-state index contributed by atoms with van der Waals surface area (Å²) in [6, 6.07) is 14.1. The van der Waals surface area contributed by atoms with Crippen LogP contribution in [-0.2, 0) is 13.2 Å². The molecule has 0 saturated carbocycles. The highest BCUT2D eigenvalue weighted by Crippen LogP contribution is 2.20. The number of hydrogen-bond acceptors (Lipinski definition) is 3. The van der Waals surface area contributed by atoms with Crippen molar-refractivity contribution in [2.24, 2.45) is 0 Å². The average Bonchev–Trinajstić information content (AvgIpc) is 2.52. The number of nitrogens with zero attached hydrogens (tertiary/aromatic N) is 1. The van der Waals surface area contributed by atoms with Crippen LogP contribution in [0.15, 0.2) is 42.5 Å². The van der Waals surface area contributed by atoms with E-state index >= 15 is 0 Å². The monoisotopic (exact) mass is 284 g/mol. The summed E-state index contributed by atoms with van der Waals surface area (Å²) in [6.07, 6.45) is 0. The minimum atomic E-state index is -0.373. The highest BCUT2D eigenvalue weighted by molar-refractivity contribution is 5.33. The Morgan fingerprint density at radius 2 is 2.05 bits per heavy atom. The van der Waals surface area contributed by atoms with E-state index in [1.807, 2.05) is 19.1 Å². The van der Waals surface area contributed by atoms with Crippen molar-refractivity contribution >= 4 is 0 Å². The van der Waals surface area contributed by atoms with Crippen molar-refractivity contribution in [3.8, 4) is 11.8 Å². The third kappa shape index (κ3) is 4.30. The van der Waals surface area contributed by atoms with Crippen molar-refractivity contribution in [2.45, 2.75) is 20.1 Å². The van der Waals surface area contributed by atoms with Crippen LogP contribution in [0.3, 0.4) is 0 Å². The Labute approximate surface area is 124 Å². The zero-order chi connectivity index (χ0) is 15.1. The first-order valence-corrected chi connectivity index (χ1v) is 6.84. The molecule has 0 aliphatic rings. The molecule has 0 heterocycles. The van der Waals surface area contributed by atoms with Gasteiger partial charge in [0, 0.05) is 6.54 Å². The van der Waals surface area contributed by atoms with Crippen LogP contribution in [0.1, 0.15) is 23.6 Å². The van der Waals surface area contributed by atoms with Crippen LogP contribution >= 0.6 is 0 Å². The molecular formula is C17H17FN2O. The first kappa shape index (κ1) is 15.0. The lowest BCUT2D eigenvalue weighted by molar-refractivity contribution is 0.290. The van der Waals surface area contributed by atoms with Gasteiger partial charge in [-0.25, -0.2) is 4.39 Å². The van der Waals surface area contributed by atoms with Gasteiger partial charge in [0.2, 0.25) is 0 Å². The largest absolute Gasteiger partial charge is 0.486 e. The van der Waals surface area contributed by atoms with Gasteiger partial charge in [-0.1, -0.05) is 25.1 Å². The van der Waals surface area contributed by atoms with Crippen LogP contribution in [-0.4, -0.2) is 6.54 Å². The predicted molar refractivity (Wildman–Crippen MR) is 79.3 cm³/mol. The molecule has 0 bridgehead atoms. The maximum Gasteiger partial charge on any atom is 0.165 e. The van der Waals surface area contributed by atoms with Gasteiger partial charge >= 0.3 is 0 Å². The number of hydrogen-bond donors (Lipinski definition) is 1. The summed E-state index contributed by atoms with van der Waals surface area (Å²) in [5, 5.41) is 12.0. The molecule has 108 valence electrons. The Morgan fingerprint density at radius 1 is 1.19 bits per heavy atom. The number of benzene rings is 2. The van der Waals surface area contributed by atoms with Crippen LogP contribution in [0.25, 0.3) is 0 Å². The quantitative estimate of drug-likeness (QED) is 0.884. The van der Waals surface area contributed by atoms with E-state index in [4.69, 9.17) is 10.00 Å². The standard InChI is InChI=1S/C17H17FN2O/c1-2-20-11-14-6-7-17(16(18)9-14)21-12-15-5-3-4-13(8-15)10-19/h3-9,20H,2,11-12H2,1H3. The van der Waals surface area contributed by atoms with Gasteiger partial charge < -0.3 is 10.1 Å². The lowest BCUT2D eigenvalue weighted by Gasteiger charge is -2.09. The van der Waals surface area contributed by atoms with Gasteiger partial charge in [0.1, 0.15) is 6.61 Å². The Hall–Kier alpha value is -2.38. The van der Waals surface area contributed by atoms with Crippen molar-refractivity contribution in [1.29, 1.82) is 5.26 Å². The molecule has 0 saturated heterocycles. The number of ether oxygens (including phenoxy) is 1. The number of halogens is 1. The average molecular weight is 284 g/mol. The SMILES string of the molecule is CCNCc1ccc(OCc2cccc(C#N)c2)c(F)c1. The van der Waals surface area contributed by atoms with Gasteiger partial charge in [0.25, 0.3) is 0 Å². The molecule has 21 heavy (non-hydrogen) atoms. The topological polar surface area (TPSA) is 45.0 Å². The van der Waals surface area contributed by atoms with Crippen molar-refractivity contribution in [1.82, 2.24) is 5.32 Å². The van der Waals surface area contributed by atoms with Crippen LogP contribution in [0.4, 0.5) is 4.39 Å². The molecule has 2 rings (SSSR count). The summed E-state index contributed by atoms with van der Waals surface area (Å²) in [5.41, 5.74) is 2.29. The molecular weight excluding hydrogens is 267 g/mol. The first-order chi connectivity index (χ1) is 10.2. The molecule has 0 fully saturated rings. The van der Waals surface area contributed by atoms with Gasteiger partial charge in [-0.3, -0.25) is 0 Å². The minimum absolute atomic E-state index is 0.220. The molecule has 4 heteroatoms. The van der Waals surface area contributed by atoms with Gasteiger partial charge in [0.05, 0.1) is 11.6 Å². The summed E-state index contributed by atoms with van der Waals surface area (Å²) >= 11 is 0. The third-order valence-corrected chi connectivity index (χ3v) is 3.03. The first-order valence-electron chi connectivity index (χ1n) is 6.84. The van der Waals surface area contributed by atoms with Crippen molar-refractivity contribution in [3.63, 3.8) is 0 Å². The van der Waals surface area contributed by atoms with E-state index < -0.39 is 0 Å². The number of nitrogens with one attached hydrogen (secondary N) is 1. The molecule has 1 N–H and O–H groups in total. The lowest BCUT2D eigenvalue weighted by atomic mass is 10.1. The zero-order valence-corrected chi connectivity index (χ0v) is 11.9. The van der Waals surface area contributed by atoms with E-state index in [-0.39, 0.29) is 18.2 Å². The summed E-state index contributed by atoms with van der Waals surface area (Å²) in [5.74, 6) is -0.153. The molecule has 0 atom stereocenters. The zero-order valence-electron chi connectivity index (χ0n) is 11.9. The van der Waals surface area contributed by atoms with Crippen LogP contribution in [0, 0.1) is 17.1 Å². The van der Waals surface area contributed by atoms with Crippen LogP contribution in [0.2, 0.25) is 0 Å². The molecule has 0 radical (unpaired) electrons. The minimum Gasteiger partial charge on any atom is -0.486 e. The highest BCUT2D eigenvalue weighted by atomic mass is 19.1. The van der Waals surface area contributed by atoms with Gasteiger partial charge in [-0.2, -0.15) is 5.26 Å². The van der Waals surface area contributed by atoms with Crippen molar-refractivity contribution in [2.75, 3.05) is 6.54 Å². The molecule has 2 aromatic rings. The fourth-order valence-electron chi connectivity index (χ4n) is 1.93. The maximum atomic E-state index is 13.9. The van der Waals surface area contributed by atoms with E-state index in [0.29, 0.717) is 12.1 Å². The highest BCUT2D eigenvalue weighted by Gasteiger charge is 2.05. The summed E-state index contributed by atoms with van der Waals surface area (Å²) in [4.78, 5) is 0. The fraction of sp³-hybridized carbons (Fsp3) is 0.235. The summed E-state index contributed by atoms with van der Waals surface area (Å²) in [7, 11) is 0. The predicted octanol–water partition coefficient (Wildman–Crippen LogP) is 3.39. The second-order valence-corrected chi connectivity index (χ2v) is 4.65. The number of rotatable bonds is 6. The van der Waals surface area contributed by atoms with E-state index in [1.165, 1.54) is 6.07 Å². The maximum absolute atomic E-state index is 13.9. The van der Waals surface area contributed by atoms with Crippen LogP contribution < -0.4 is 10.1 Å². The van der Waals surface area contributed by atoms with Gasteiger partial charge in [-0.15, -0.1) is 0 Å². The van der Waals surface area contributed by atoms with Crippen LogP contribution in [0.5, 0.6) is 5.75 Å². The Kier molecular flexibility index (Phi) is 5.30. The molecule has 3 nitrogen and oxygen atoms in total. The normalized spacial score (nSPS) is 10.1. The Morgan fingerprint density at radius 3 is 2.76 bits per heavy atom. The second-order valence-electron chi connectivity index (χ2n) is 4.65. The summed E-state index contributed by atoms with van der Waals surface area (Å²) in [6.45, 7) is 3.72. The Balaban J connectivity index is 2.01. The van der Waals surface area contributed by atoms with Crippen molar-refractivity contribution in [3.05, 3.63) is 65.0 Å². The third-order valence-electron chi connectivity index (χ3n) is 3.03. The van der Waals surface area contributed by atoms with E-state index in [0.717, 1.165) is 17.7 Å². The van der Waals surface area contributed by atoms with E-state index in [2.05, 4.69) is 11.4 Å². The van der Waals surface area contributed by atoms with E-state index in [9.17, 15) is 4.39 Å². The smallest absolute Gasteiger partial charge is 0.165 e. The number of nitriles is 1. The Bertz CT molecular complexity index is 649. The molecule has 0 amide bonds. The lowest BCUT2D eigenvalue weighted by Crippen LogP contribution is -2.11. The molecule has 0 aromatic heterocycles. The van der Waals surface area contributed by atoms with Gasteiger partial charge in [0.15, 0.2) is 11.6 Å². The molecule has 0 unspecified atom stereocenters. The summed E-state index contributed by atoms with van der Waals surface area (Å²) < 4.78 is 19.4. The molecule has 0 spiro atoms. The second kappa shape index (κ2) is 7.41. The molecule has 0 aliphatic carbocycles. The molecule has 2 aromatic carbocycles.